The predicted molar refractivity (Wildman–Crippen MR) is 89.7 cm³/mol. The minimum Gasteiger partial charge on any atom is -0.326 e. The second-order valence-corrected chi connectivity index (χ2v) is 5.80. The van der Waals surface area contributed by atoms with Crippen LogP contribution in [0.4, 0.5) is 11.4 Å². The molecule has 2 heterocycles. The number of amides is 2. The Bertz CT molecular complexity index is 771. The van der Waals surface area contributed by atoms with Crippen molar-refractivity contribution in [1.82, 2.24) is 4.98 Å². The van der Waals surface area contributed by atoms with Crippen LogP contribution < -0.4 is 10.6 Å². The maximum absolute atomic E-state index is 12.5. The number of hydrogen-bond acceptors (Lipinski definition) is 3. The van der Waals surface area contributed by atoms with Crippen LogP contribution in [-0.4, -0.2) is 16.8 Å². The number of carbonyl (C=O) groups is 2. The van der Waals surface area contributed by atoms with Crippen LogP contribution in [0.15, 0.2) is 36.7 Å². The van der Waals surface area contributed by atoms with Crippen LogP contribution in [0.5, 0.6) is 0 Å². The molecule has 0 aliphatic carbocycles. The number of rotatable bonds is 3. The molecule has 23 heavy (non-hydrogen) atoms. The first-order valence-corrected chi connectivity index (χ1v) is 7.76. The standard InChI is InChI=1S/C18H19N3O2/c1-3-12-10-19-7-6-14(12)18(23)20-13-4-5-16-15(9-13)11(2)8-17(22)21-16/h4-7,9-11H,3,8H2,1-2H3,(H,20,23)(H,21,22). The summed E-state index contributed by atoms with van der Waals surface area (Å²) in [4.78, 5) is 28.1. The highest BCUT2D eigenvalue weighted by molar-refractivity contribution is 6.05. The predicted octanol–water partition coefficient (Wildman–Crippen LogP) is 3.34. The number of pyridine rings is 1. The van der Waals surface area contributed by atoms with Crippen molar-refractivity contribution in [3.63, 3.8) is 0 Å². The number of benzene rings is 1. The minimum absolute atomic E-state index is 0.0335. The van der Waals surface area contributed by atoms with Gasteiger partial charge < -0.3 is 10.6 Å². The Morgan fingerprint density at radius 3 is 3.00 bits per heavy atom. The Labute approximate surface area is 135 Å². The molecule has 2 N–H and O–H groups in total. The molecule has 1 aliphatic heterocycles. The van der Waals surface area contributed by atoms with E-state index in [1.165, 1.54) is 0 Å². The molecule has 1 aliphatic rings. The maximum atomic E-state index is 12.5. The van der Waals surface area contributed by atoms with Crippen molar-refractivity contribution in [1.29, 1.82) is 0 Å². The molecule has 1 aromatic heterocycles. The van der Waals surface area contributed by atoms with Crippen LogP contribution in [0.25, 0.3) is 0 Å². The first kappa shape index (κ1) is 15.2. The Hall–Kier alpha value is -2.69. The van der Waals surface area contributed by atoms with Crippen LogP contribution in [0.2, 0.25) is 0 Å². The Morgan fingerprint density at radius 1 is 1.39 bits per heavy atom. The summed E-state index contributed by atoms with van der Waals surface area (Å²) >= 11 is 0. The quantitative estimate of drug-likeness (QED) is 0.913. The molecular weight excluding hydrogens is 290 g/mol. The van der Waals surface area contributed by atoms with E-state index in [0.717, 1.165) is 28.9 Å². The molecule has 5 nitrogen and oxygen atoms in total. The van der Waals surface area contributed by atoms with Gasteiger partial charge in [0.1, 0.15) is 0 Å². The number of anilines is 2. The molecule has 0 saturated heterocycles. The van der Waals surface area contributed by atoms with E-state index in [1.807, 2.05) is 32.0 Å². The van der Waals surface area contributed by atoms with Crippen LogP contribution in [-0.2, 0) is 11.2 Å². The average Bonchev–Trinajstić information content (AvgIpc) is 2.55. The summed E-state index contributed by atoms with van der Waals surface area (Å²) in [6, 6.07) is 7.31. The third-order valence-corrected chi connectivity index (χ3v) is 4.14. The summed E-state index contributed by atoms with van der Waals surface area (Å²) < 4.78 is 0. The van der Waals surface area contributed by atoms with Crippen LogP contribution in [0.1, 0.15) is 47.7 Å². The molecule has 0 spiro atoms. The van der Waals surface area contributed by atoms with Gasteiger partial charge in [-0.05, 0) is 47.7 Å². The van der Waals surface area contributed by atoms with Crippen molar-refractivity contribution in [3.05, 3.63) is 53.3 Å². The minimum atomic E-state index is -0.142. The number of carbonyl (C=O) groups excluding carboxylic acids is 2. The summed E-state index contributed by atoms with van der Waals surface area (Å²) in [5.74, 6) is 0.0330. The van der Waals surface area contributed by atoms with Gasteiger partial charge in [-0.15, -0.1) is 0 Å². The highest BCUT2D eigenvalue weighted by Crippen LogP contribution is 2.33. The third kappa shape index (κ3) is 3.08. The maximum Gasteiger partial charge on any atom is 0.256 e. The van der Waals surface area contributed by atoms with Gasteiger partial charge in [0.2, 0.25) is 5.91 Å². The lowest BCUT2D eigenvalue weighted by molar-refractivity contribution is -0.116. The van der Waals surface area contributed by atoms with Gasteiger partial charge in [-0.25, -0.2) is 0 Å². The lowest BCUT2D eigenvalue weighted by atomic mass is 9.92. The van der Waals surface area contributed by atoms with Crippen molar-refractivity contribution in [2.45, 2.75) is 32.6 Å². The number of aryl methyl sites for hydroxylation is 1. The van der Waals surface area contributed by atoms with Gasteiger partial charge in [0.05, 0.1) is 0 Å². The normalized spacial score (nSPS) is 16.4. The van der Waals surface area contributed by atoms with Crippen molar-refractivity contribution in [3.8, 4) is 0 Å². The number of nitrogens with one attached hydrogen (secondary N) is 2. The van der Waals surface area contributed by atoms with Gasteiger partial charge in [-0.1, -0.05) is 13.8 Å². The fourth-order valence-electron chi connectivity index (χ4n) is 2.88. The summed E-state index contributed by atoms with van der Waals surface area (Å²) in [6.45, 7) is 4.01. The molecule has 1 unspecified atom stereocenters. The highest BCUT2D eigenvalue weighted by Gasteiger charge is 2.22. The van der Waals surface area contributed by atoms with E-state index < -0.39 is 0 Å². The van der Waals surface area contributed by atoms with E-state index in [2.05, 4.69) is 15.6 Å². The number of fused-ring (bicyclic) bond motifs is 1. The van der Waals surface area contributed by atoms with Gasteiger partial charge in [0.15, 0.2) is 0 Å². The fraction of sp³-hybridized carbons (Fsp3) is 0.278. The lowest BCUT2D eigenvalue weighted by Gasteiger charge is -2.23. The smallest absolute Gasteiger partial charge is 0.256 e. The van der Waals surface area contributed by atoms with Crippen molar-refractivity contribution in [2.75, 3.05) is 10.6 Å². The molecule has 1 atom stereocenters. The van der Waals surface area contributed by atoms with E-state index in [4.69, 9.17) is 0 Å². The van der Waals surface area contributed by atoms with E-state index >= 15 is 0 Å². The Balaban J connectivity index is 1.85. The topological polar surface area (TPSA) is 71.1 Å². The van der Waals surface area contributed by atoms with E-state index in [1.54, 1.807) is 18.5 Å². The molecule has 1 aromatic carbocycles. The summed E-state index contributed by atoms with van der Waals surface area (Å²) in [5, 5.41) is 5.80. The van der Waals surface area contributed by atoms with Crippen molar-refractivity contribution >= 4 is 23.2 Å². The van der Waals surface area contributed by atoms with Crippen LogP contribution >= 0.6 is 0 Å². The Morgan fingerprint density at radius 2 is 2.22 bits per heavy atom. The van der Waals surface area contributed by atoms with Crippen molar-refractivity contribution in [2.24, 2.45) is 0 Å². The molecule has 0 bridgehead atoms. The third-order valence-electron chi connectivity index (χ3n) is 4.14. The van der Waals surface area contributed by atoms with E-state index in [-0.39, 0.29) is 17.7 Å². The molecule has 2 amide bonds. The van der Waals surface area contributed by atoms with E-state index in [9.17, 15) is 9.59 Å². The molecule has 0 radical (unpaired) electrons. The zero-order chi connectivity index (χ0) is 16.4. The summed E-state index contributed by atoms with van der Waals surface area (Å²) in [5.41, 5.74) is 4.17. The zero-order valence-electron chi connectivity index (χ0n) is 13.2. The van der Waals surface area contributed by atoms with Crippen molar-refractivity contribution < 1.29 is 9.59 Å². The van der Waals surface area contributed by atoms with Gasteiger partial charge in [-0.2, -0.15) is 0 Å². The second kappa shape index (κ2) is 6.20. The molecular formula is C18H19N3O2. The van der Waals surface area contributed by atoms with Crippen LogP contribution in [0.3, 0.4) is 0 Å². The molecule has 3 rings (SSSR count). The van der Waals surface area contributed by atoms with E-state index in [0.29, 0.717) is 12.0 Å². The van der Waals surface area contributed by atoms with Gasteiger partial charge in [0.25, 0.3) is 5.91 Å². The molecule has 2 aromatic rings. The first-order valence-electron chi connectivity index (χ1n) is 7.76. The fourth-order valence-corrected chi connectivity index (χ4v) is 2.88. The van der Waals surface area contributed by atoms with Gasteiger partial charge in [-0.3, -0.25) is 14.6 Å². The average molecular weight is 309 g/mol. The SMILES string of the molecule is CCc1cnccc1C(=O)Nc1ccc2c(c1)C(C)CC(=O)N2. The first-order chi connectivity index (χ1) is 11.1. The van der Waals surface area contributed by atoms with Gasteiger partial charge in [0, 0.05) is 35.8 Å². The zero-order valence-corrected chi connectivity index (χ0v) is 13.2. The number of nitrogens with zero attached hydrogens (tertiary/aromatic N) is 1. The lowest BCUT2D eigenvalue weighted by Crippen LogP contribution is -2.22. The summed E-state index contributed by atoms with van der Waals surface area (Å²) in [7, 11) is 0. The molecule has 5 heteroatoms. The number of aromatic nitrogens is 1. The molecule has 0 saturated carbocycles. The summed E-state index contributed by atoms with van der Waals surface area (Å²) in [6.07, 6.45) is 4.57. The largest absolute Gasteiger partial charge is 0.326 e. The van der Waals surface area contributed by atoms with Gasteiger partial charge >= 0.3 is 0 Å². The Kier molecular flexibility index (Phi) is 4.10. The molecule has 0 fully saturated rings. The highest BCUT2D eigenvalue weighted by atomic mass is 16.2. The second-order valence-electron chi connectivity index (χ2n) is 5.80. The monoisotopic (exact) mass is 309 g/mol. The number of hydrogen-bond donors (Lipinski definition) is 2. The van der Waals surface area contributed by atoms with Crippen LogP contribution in [0, 0.1) is 0 Å². The molecule has 118 valence electrons.